The van der Waals surface area contributed by atoms with Crippen molar-refractivity contribution in [3.05, 3.63) is 98.5 Å². The van der Waals surface area contributed by atoms with E-state index in [1.54, 1.807) is 20.2 Å². The van der Waals surface area contributed by atoms with Crippen molar-refractivity contribution < 1.29 is 19.4 Å². The van der Waals surface area contributed by atoms with Crippen LogP contribution in [0.2, 0.25) is 0 Å². The van der Waals surface area contributed by atoms with Gasteiger partial charge in [-0.3, -0.25) is 18.8 Å². The summed E-state index contributed by atoms with van der Waals surface area (Å²) < 4.78 is 17.6. The predicted octanol–water partition coefficient (Wildman–Crippen LogP) is 3.74. The highest BCUT2D eigenvalue weighted by molar-refractivity contribution is 5.92. The Morgan fingerprint density at radius 2 is 1.78 bits per heavy atom. The van der Waals surface area contributed by atoms with Gasteiger partial charge in [0, 0.05) is 62.5 Å². The SMILES string of the molecule is CCO[C@H]1OC(C(=O)N2CCC(n3c(=O)[nH]c4ccccc43)CC2)=C[C@@H](c2c(C)n(C)n(-c3ccccc3)c2=O)[C@H]1CCCO. The van der Waals surface area contributed by atoms with E-state index in [4.69, 9.17) is 9.47 Å². The number of hydrogen-bond donors (Lipinski definition) is 2. The number of piperidine rings is 1. The van der Waals surface area contributed by atoms with Gasteiger partial charge in [0.25, 0.3) is 11.5 Å². The lowest BCUT2D eigenvalue weighted by Gasteiger charge is -2.38. The molecule has 2 aromatic carbocycles. The van der Waals surface area contributed by atoms with Gasteiger partial charge in [-0.25, -0.2) is 9.48 Å². The van der Waals surface area contributed by atoms with Gasteiger partial charge in [-0.2, -0.15) is 0 Å². The number of benzene rings is 2. The van der Waals surface area contributed by atoms with Crippen molar-refractivity contribution in [2.24, 2.45) is 13.0 Å². The number of nitrogens with one attached hydrogen (secondary N) is 1. The number of hydrogen-bond acceptors (Lipinski definition) is 6. The van der Waals surface area contributed by atoms with Gasteiger partial charge in [-0.1, -0.05) is 30.3 Å². The van der Waals surface area contributed by atoms with Gasteiger partial charge in [0.05, 0.1) is 16.7 Å². The molecule has 0 spiro atoms. The molecular formula is C34H41N5O6. The van der Waals surface area contributed by atoms with Crippen LogP contribution in [0.5, 0.6) is 0 Å². The number of carbonyl (C=O) groups excluding carboxylic acids is 1. The summed E-state index contributed by atoms with van der Waals surface area (Å²) in [5.41, 5.74) is 3.47. The molecule has 1 saturated heterocycles. The third kappa shape index (κ3) is 5.66. The molecule has 45 heavy (non-hydrogen) atoms. The van der Waals surface area contributed by atoms with E-state index < -0.39 is 12.2 Å². The van der Waals surface area contributed by atoms with Crippen LogP contribution < -0.4 is 11.2 Å². The average molecular weight is 616 g/mol. The molecule has 2 aliphatic heterocycles. The number of aliphatic hydroxyl groups is 1. The first-order chi connectivity index (χ1) is 21.8. The van der Waals surface area contributed by atoms with Crippen LogP contribution >= 0.6 is 0 Å². The molecule has 2 N–H and O–H groups in total. The van der Waals surface area contributed by atoms with Crippen molar-refractivity contribution in [3.8, 4) is 5.69 Å². The molecule has 238 valence electrons. The Morgan fingerprint density at radius 1 is 1.07 bits per heavy atom. The lowest BCUT2D eigenvalue weighted by molar-refractivity contribution is -0.170. The fraction of sp³-hybridized carbons (Fsp3) is 0.441. The average Bonchev–Trinajstić information content (AvgIpc) is 3.51. The van der Waals surface area contributed by atoms with Crippen molar-refractivity contribution in [2.75, 3.05) is 26.3 Å². The molecule has 11 heteroatoms. The van der Waals surface area contributed by atoms with E-state index in [-0.39, 0.29) is 41.5 Å². The minimum atomic E-state index is -0.762. The number of aliphatic hydroxyl groups excluding tert-OH is 1. The largest absolute Gasteiger partial charge is 0.459 e. The summed E-state index contributed by atoms with van der Waals surface area (Å²) >= 11 is 0. The molecule has 0 unspecified atom stereocenters. The lowest BCUT2D eigenvalue weighted by atomic mass is 9.80. The Balaban J connectivity index is 1.32. The van der Waals surface area contributed by atoms with Crippen LogP contribution in [0.1, 0.15) is 55.8 Å². The minimum absolute atomic E-state index is 0.00591. The summed E-state index contributed by atoms with van der Waals surface area (Å²) in [6.07, 6.45) is 3.32. The molecule has 11 nitrogen and oxygen atoms in total. The fourth-order valence-electron chi connectivity index (χ4n) is 6.98. The number of H-pyrrole nitrogens is 1. The number of amides is 1. The number of aromatic nitrogens is 4. The quantitative estimate of drug-likeness (QED) is 0.296. The summed E-state index contributed by atoms with van der Waals surface area (Å²) in [6, 6.07) is 17.1. The highest BCUT2D eigenvalue weighted by Gasteiger charge is 2.42. The highest BCUT2D eigenvalue weighted by Crippen LogP contribution is 2.40. The van der Waals surface area contributed by atoms with Crippen molar-refractivity contribution >= 4 is 16.9 Å². The lowest BCUT2D eigenvalue weighted by Crippen LogP contribution is -2.44. The van der Waals surface area contributed by atoms with Crippen LogP contribution in [-0.4, -0.2) is 67.4 Å². The molecule has 6 rings (SSSR count). The number of ether oxygens (including phenoxy) is 2. The monoisotopic (exact) mass is 615 g/mol. The topological polar surface area (TPSA) is 124 Å². The Hall–Kier alpha value is -4.35. The third-order valence-electron chi connectivity index (χ3n) is 9.30. The molecule has 3 atom stereocenters. The summed E-state index contributed by atoms with van der Waals surface area (Å²) in [5, 5.41) is 9.70. The van der Waals surface area contributed by atoms with Crippen LogP contribution in [0.4, 0.5) is 0 Å². The Bertz CT molecular complexity index is 1810. The molecule has 1 amide bonds. The normalized spacial score (nSPS) is 20.8. The number of rotatable bonds is 9. The summed E-state index contributed by atoms with van der Waals surface area (Å²) in [7, 11) is 1.86. The number of fused-ring (bicyclic) bond motifs is 1. The van der Waals surface area contributed by atoms with Gasteiger partial charge >= 0.3 is 5.69 Å². The van der Waals surface area contributed by atoms with Gasteiger partial charge in [0.1, 0.15) is 0 Å². The van der Waals surface area contributed by atoms with Crippen LogP contribution in [0, 0.1) is 12.8 Å². The Kier molecular flexibility index (Phi) is 8.82. The van der Waals surface area contributed by atoms with Crippen LogP contribution in [0.15, 0.2) is 76.0 Å². The molecule has 4 aromatic rings. The van der Waals surface area contributed by atoms with E-state index in [9.17, 15) is 19.5 Å². The van der Waals surface area contributed by atoms with Crippen LogP contribution in [0.3, 0.4) is 0 Å². The predicted molar refractivity (Wildman–Crippen MR) is 170 cm³/mol. The number of imidazole rings is 1. The van der Waals surface area contributed by atoms with Crippen LogP contribution in [-0.2, 0) is 21.3 Å². The van der Waals surface area contributed by atoms with Gasteiger partial charge in [0.15, 0.2) is 5.76 Å². The smallest absolute Gasteiger partial charge is 0.326 e. The second-order valence-electron chi connectivity index (χ2n) is 11.8. The van der Waals surface area contributed by atoms with Crippen molar-refractivity contribution in [1.29, 1.82) is 0 Å². The first-order valence-corrected chi connectivity index (χ1v) is 15.8. The van der Waals surface area contributed by atoms with Crippen molar-refractivity contribution in [3.63, 3.8) is 0 Å². The summed E-state index contributed by atoms with van der Waals surface area (Å²) in [5.74, 6) is -0.847. The van der Waals surface area contributed by atoms with E-state index in [1.807, 2.05) is 80.2 Å². The number of likely N-dealkylation sites (tertiary alicyclic amines) is 1. The molecule has 2 aromatic heterocycles. The maximum Gasteiger partial charge on any atom is 0.326 e. The molecule has 0 aliphatic carbocycles. The second-order valence-corrected chi connectivity index (χ2v) is 11.8. The first-order valence-electron chi connectivity index (χ1n) is 15.8. The number of aromatic amines is 1. The third-order valence-corrected chi connectivity index (χ3v) is 9.30. The second kappa shape index (κ2) is 12.9. The van der Waals surface area contributed by atoms with Crippen LogP contribution in [0.25, 0.3) is 16.7 Å². The molecular weight excluding hydrogens is 574 g/mol. The van der Waals surface area contributed by atoms with E-state index in [1.165, 1.54) is 0 Å². The van der Waals surface area contributed by atoms with E-state index in [0.29, 0.717) is 50.9 Å². The van der Waals surface area contributed by atoms with Crippen molar-refractivity contribution in [1.82, 2.24) is 23.8 Å². The number of nitrogens with zero attached hydrogens (tertiary/aromatic N) is 4. The van der Waals surface area contributed by atoms with Gasteiger partial charge in [0.2, 0.25) is 6.29 Å². The van der Waals surface area contributed by atoms with E-state index >= 15 is 0 Å². The minimum Gasteiger partial charge on any atom is -0.459 e. The van der Waals surface area contributed by atoms with Gasteiger partial charge in [-0.15, -0.1) is 0 Å². The molecule has 0 bridgehead atoms. The van der Waals surface area contributed by atoms with Gasteiger partial charge in [-0.05, 0) is 69.9 Å². The summed E-state index contributed by atoms with van der Waals surface area (Å²) in [4.78, 5) is 45.6. The first kappa shape index (κ1) is 30.7. The van der Waals surface area contributed by atoms with E-state index in [2.05, 4.69) is 4.98 Å². The number of allylic oxidation sites excluding steroid dienone is 1. The maximum absolute atomic E-state index is 14.1. The molecule has 2 aliphatic rings. The fourth-order valence-corrected chi connectivity index (χ4v) is 6.98. The molecule has 1 fully saturated rings. The maximum atomic E-state index is 14.1. The van der Waals surface area contributed by atoms with E-state index in [0.717, 1.165) is 22.4 Å². The van der Waals surface area contributed by atoms with Gasteiger partial charge < -0.3 is 24.5 Å². The zero-order valence-corrected chi connectivity index (χ0v) is 26.0. The zero-order chi connectivity index (χ0) is 31.7. The molecule has 4 heterocycles. The zero-order valence-electron chi connectivity index (χ0n) is 26.0. The highest BCUT2D eigenvalue weighted by atomic mass is 16.7. The standard InChI is InChI=1S/C34H41N5O6/c1-4-44-33-25(13-10-20-40)26(30-22(2)36(3)39(32(30)42)24-11-6-5-7-12-24)21-29(45-33)31(41)37-18-16-23(17-19-37)38-28-15-9-8-14-27(28)35-34(38)43/h5-9,11-12,14-15,21,23,25-26,33,40H,4,10,13,16-20H2,1-3H3,(H,35,43)/t25-,26-,33+/m1/s1. The molecule has 0 saturated carbocycles. The number of carbonyl (C=O) groups is 1. The molecule has 0 radical (unpaired) electrons. The Morgan fingerprint density at radius 3 is 2.49 bits per heavy atom. The summed E-state index contributed by atoms with van der Waals surface area (Å²) in [6.45, 7) is 5.06. The number of para-hydroxylation sites is 3. The Labute approximate surface area is 261 Å². The van der Waals surface area contributed by atoms with Crippen molar-refractivity contribution in [2.45, 2.75) is 57.8 Å².